The Balaban J connectivity index is 1.86. The molecule has 2 unspecified atom stereocenters. The normalized spacial score (nSPS) is 23.2. The summed E-state index contributed by atoms with van der Waals surface area (Å²) in [5.41, 5.74) is 8.19. The van der Waals surface area contributed by atoms with Gasteiger partial charge in [0.2, 0.25) is 0 Å². The number of fused-ring (bicyclic) bond motifs is 1. The lowest BCUT2D eigenvalue weighted by molar-refractivity contribution is 0.488. The Labute approximate surface area is 125 Å². The topological polar surface area (TPSA) is 78.0 Å². The maximum absolute atomic E-state index is 12.2. The van der Waals surface area contributed by atoms with Gasteiger partial charge in [0.25, 0.3) is 0 Å². The highest BCUT2D eigenvalue weighted by molar-refractivity contribution is 7.92. The smallest absolute Gasteiger partial charge is 0.154 e. The second-order valence-corrected chi connectivity index (χ2v) is 8.18. The van der Waals surface area contributed by atoms with Crippen LogP contribution in [0.25, 0.3) is 11.0 Å². The van der Waals surface area contributed by atoms with Gasteiger partial charge in [-0.25, -0.2) is 13.4 Å². The van der Waals surface area contributed by atoms with Crippen LogP contribution in [0.5, 0.6) is 0 Å². The van der Waals surface area contributed by atoms with Crippen LogP contribution >= 0.6 is 0 Å². The third-order valence-corrected chi connectivity index (χ3v) is 6.77. The predicted molar refractivity (Wildman–Crippen MR) is 83.8 cm³/mol. The third-order valence-electron chi connectivity index (χ3n) is 4.40. The van der Waals surface area contributed by atoms with E-state index < -0.39 is 15.1 Å². The molecule has 1 aromatic heterocycles. The minimum Gasteiger partial charge on any atom is -0.331 e. The van der Waals surface area contributed by atoms with E-state index in [9.17, 15) is 8.42 Å². The molecule has 0 bridgehead atoms. The van der Waals surface area contributed by atoms with Gasteiger partial charge in [-0.05, 0) is 25.0 Å². The van der Waals surface area contributed by atoms with Crippen molar-refractivity contribution in [1.82, 2.24) is 9.55 Å². The summed E-state index contributed by atoms with van der Waals surface area (Å²) in [6, 6.07) is 7.51. The van der Waals surface area contributed by atoms with Crippen molar-refractivity contribution < 1.29 is 8.42 Å². The average Bonchev–Trinajstić information content (AvgIpc) is 2.75. The molecular weight excluding hydrogens is 286 g/mol. The molecule has 1 fully saturated rings. The van der Waals surface area contributed by atoms with Gasteiger partial charge in [0, 0.05) is 19.5 Å². The lowest BCUT2D eigenvalue weighted by Crippen LogP contribution is -2.45. The van der Waals surface area contributed by atoms with Gasteiger partial charge in [0.15, 0.2) is 9.84 Å². The monoisotopic (exact) mass is 307 g/mol. The van der Waals surface area contributed by atoms with Gasteiger partial charge >= 0.3 is 0 Å². The summed E-state index contributed by atoms with van der Waals surface area (Å²) in [4.78, 5) is 4.58. The predicted octanol–water partition coefficient (Wildman–Crippen LogP) is 1.41. The summed E-state index contributed by atoms with van der Waals surface area (Å²) in [6.07, 6.45) is 2.88. The molecule has 0 amide bonds. The first-order valence-corrected chi connectivity index (χ1v) is 9.08. The van der Waals surface area contributed by atoms with E-state index in [1.165, 1.54) is 0 Å². The Kier molecular flexibility index (Phi) is 3.75. The van der Waals surface area contributed by atoms with Crippen LogP contribution in [0.2, 0.25) is 0 Å². The molecule has 2 aromatic rings. The number of para-hydroxylation sites is 2. The molecule has 0 saturated carbocycles. The molecule has 5 nitrogen and oxygen atoms in total. The van der Waals surface area contributed by atoms with Crippen LogP contribution in [0.15, 0.2) is 24.3 Å². The van der Waals surface area contributed by atoms with E-state index in [1.54, 1.807) is 0 Å². The van der Waals surface area contributed by atoms with E-state index in [0.29, 0.717) is 12.8 Å². The number of hydrogen-bond donors (Lipinski definition) is 1. The van der Waals surface area contributed by atoms with E-state index >= 15 is 0 Å². The Morgan fingerprint density at radius 1 is 1.38 bits per heavy atom. The minimum atomic E-state index is -3.05. The largest absolute Gasteiger partial charge is 0.331 e. The highest BCUT2D eigenvalue weighted by Gasteiger charge is 2.34. The zero-order chi connectivity index (χ0) is 15.0. The van der Waals surface area contributed by atoms with Gasteiger partial charge in [-0.2, -0.15) is 0 Å². The summed E-state index contributed by atoms with van der Waals surface area (Å²) in [6.45, 7) is 0. The van der Waals surface area contributed by atoms with Crippen LogP contribution in [0.4, 0.5) is 0 Å². The van der Waals surface area contributed by atoms with E-state index in [0.717, 1.165) is 29.7 Å². The van der Waals surface area contributed by atoms with Crippen molar-refractivity contribution in [2.75, 3.05) is 5.75 Å². The molecule has 2 heterocycles. The van der Waals surface area contributed by atoms with E-state index in [-0.39, 0.29) is 11.8 Å². The molecule has 21 heavy (non-hydrogen) atoms. The maximum atomic E-state index is 12.2. The van der Waals surface area contributed by atoms with Crippen molar-refractivity contribution in [1.29, 1.82) is 0 Å². The first kappa shape index (κ1) is 14.5. The molecule has 0 spiro atoms. The molecule has 1 saturated heterocycles. The first-order valence-electron chi connectivity index (χ1n) is 7.36. The van der Waals surface area contributed by atoms with Crippen molar-refractivity contribution >= 4 is 20.9 Å². The van der Waals surface area contributed by atoms with Gasteiger partial charge in [-0.1, -0.05) is 18.6 Å². The van der Waals surface area contributed by atoms with E-state index in [2.05, 4.69) is 4.98 Å². The molecule has 0 aliphatic carbocycles. The fourth-order valence-electron chi connectivity index (χ4n) is 3.18. The third kappa shape index (κ3) is 2.70. The number of nitrogens with zero attached hydrogens (tertiary/aromatic N) is 2. The summed E-state index contributed by atoms with van der Waals surface area (Å²) < 4.78 is 26.3. The quantitative estimate of drug-likeness (QED) is 0.930. The minimum absolute atomic E-state index is 0.272. The van der Waals surface area contributed by atoms with Crippen LogP contribution in [-0.4, -0.2) is 35.0 Å². The maximum Gasteiger partial charge on any atom is 0.154 e. The van der Waals surface area contributed by atoms with Crippen molar-refractivity contribution in [3.63, 3.8) is 0 Å². The second kappa shape index (κ2) is 5.42. The molecule has 1 aromatic carbocycles. The number of sulfone groups is 1. The zero-order valence-electron chi connectivity index (χ0n) is 12.2. The highest BCUT2D eigenvalue weighted by atomic mass is 32.2. The Bertz CT molecular complexity index is 751. The molecule has 114 valence electrons. The molecule has 2 atom stereocenters. The summed E-state index contributed by atoms with van der Waals surface area (Å²) in [5, 5.41) is -0.425. The molecule has 3 rings (SSSR count). The molecule has 0 radical (unpaired) electrons. The van der Waals surface area contributed by atoms with Crippen molar-refractivity contribution in [3.8, 4) is 0 Å². The molecule has 1 aliphatic heterocycles. The molecular formula is C15H21N3O2S. The van der Waals surface area contributed by atoms with Crippen LogP contribution in [0, 0.1) is 0 Å². The van der Waals surface area contributed by atoms with Gasteiger partial charge in [0.1, 0.15) is 5.82 Å². The first-order chi connectivity index (χ1) is 9.99. The van der Waals surface area contributed by atoms with Crippen molar-refractivity contribution in [2.24, 2.45) is 12.8 Å². The number of imidazole rings is 1. The average molecular weight is 307 g/mol. The van der Waals surface area contributed by atoms with Gasteiger partial charge in [0.05, 0.1) is 22.0 Å². The Morgan fingerprint density at radius 2 is 2.14 bits per heavy atom. The second-order valence-electron chi connectivity index (χ2n) is 5.84. The highest BCUT2D eigenvalue weighted by Crippen LogP contribution is 2.24. The Morgan fingerprint density at radius 3 is 2.86 bits per heavy atom. The summed E-state index contributed by atoms with van der Waals surface area (Å²) in [5.74, 6) is 1.12. The van der Waals surface area contributed by atoms with Crippen LogP contribution in [0.3, 0.4) is 0 Å². The Hall–Kier alpha value is -1.40. The van der Waals surface area contributed by atoms with Crippen LogP contribution < -0.4 is 5.73 Å². The fourth-order valence-corrected chi connectivity index (χ4v) is 5.24. The number of aryl methyl sites for hydroxylation is 1. The molecule has 6 heteroatoms. The molecule has 2 N–H and O–H groups in total. The number of hydrogen-bond acceptors (Lipinski definition) is 4. The van der Waals surface area contributed by atoms with Crippen LogP contribution in [0.1, 0.15) is 25.1 Å². The van der Waals surface area contributed by atoms with Gasteiger partial charge < -0.3 is 10.3 Å². The number of aromatic nitrogens is 2. The van der Waals surface area contributed by atoms with E-state index in [4.69, 9.17) is 5.73 Å². The van der Waals surface area contributed by atoms with Crippen LogP contribution in [-0.2, 0) is 23.3 Å². The fraction of sp³-hybridized carbons (Fsp3) is 0.533. The number of benzene rings is 1. The van der Waals surface area contributed by atoms with Gasteiger partial charge in [-0.3, -0.25) is 0 Å². The zero-order valence-corrected chi connectivity index (χ0v) is 13.0. The molecule has 1 aliphatic rings. The number of nitrogens with two attached hydrogens (primary N) is 1. The number of rotatable bonds is 3. The summed E-state index contributed by atoms with van der Waals surface area (Å²) in [7, 11) is -1.10. The van der Waals surface area contributed by atoms with Crippen molar-refractivity contribution in [3.05, 3.63) is 30.1 Å². The van der Waals surface area contributed by atoms with E-state index in [1.807, 2.05) is 35.9 Å². The van der Waals surface area contributed by atoms with Crippen molar-refractivity contribution in [2.45, 2.75) is 37.0 Å². The standard InChI is InChI=1S/C15H21N3O2S/c1-18-13-7-3-2-6-12(13)17-15(18)10-11(16)14-8-4-5-9-21(14,19)20/h2-3,6-7,11,14H,4-5,8-10,16H2,1H3. The SMILES string of the molecule is Cn1c(CC(N)C2CCCCS2(=O)=O)nc2ccccc21. The van der Waals surface area contributed by atoms with Gasteiger partial charge in [-0.15, -0.1) is 0 Å². The summed E-state index contributed by atoms with van der Waals surface area (Å²) >= 11 is 0. The lowest BCUT2D eigenvalue weighted by atomic mass is 10.0. The lowest BCUT2D eigenvalue weighted by Gasteiger charge is -2.27.